The Hall–Kier alpha value is -0.0900. The molecule has 0 saturated heterocycles. The maximum Gasteiger partial charge on any atom is 0.132 e. The summed E-state index contributed by atoms with van der Waals surface area (Å²) >= 11 is 7.86. The van der Waals surface area contributed by atoms with Gasteiger partial charge >= 0.3 is 0 Å². The maximum atomic E-state index is 10.2. The summed E-state index contributed by atoms with van der Waals surface area (Å²) in [6, 6.07) is 7.72. The minimum absolute atomic E-state index is 0.343. The van der Waals surface area contributed by atoms with Crippen molar-refractivity contribution < 1.29 is 4.79 Å². The Morgan fingerprint density at radius 1 is 1.36 bits per heavy atom. The highest BCUT2D eigenvalue weighted by atomic mass is 127. The Morgan fingerprint density at radius 3 is 2.14 bits per heavy atom. The third kappa shape index (κ3) is 7.33. The van der Waals surface area contributed by atoms with Gasteiger partial charge in [0.05, 0.1) is 0 Å². The van der Waals surface area contributed by atoms with Gasteiger partial charge in [-0.1, -0.05) is 31.5 Å². The molecule has 0 heterocycles. The van der Waals surface area contributed by atoms with Crippen LogP contribution in [0.25, 0.3) is 0 Å². The summed E-state index contributed by atoms with van der Waals surface area (Å²) in [5, 5.41) is 0.803. The van der Waals surface area contributed by atoms with E-state index in [1.54, 1.807) is 0 Å². The number of ketones is 1. The number of rotatable bonds is 2. The van der Waals surface area contributed by atoms with E-state index in [1.807, 2.05) is 38.1 Å². The normalized spacial score (nSPS) is 8.86. The van der Waals surface area contributed by atoms with Crippen LogP contribution < -0.4 is 0 Å². The predicted molar refractivity (Wildman–Crippen MR) is 69.8 cm³/mol. The molecule has 1 aromatic carbocycles. The molecule has 0 aromatic heterocycles. The van der Waals surface area contributed by atoms with Crippen LogP contribution in [0.4, 0.5) is 0 Å². The molecule has 1 rings (SSSR count). The third-order valence-electron chi connectivity index (χ3n) is 1.58. The maximum absolute atomic E-state index is 10.2. The molecule has 0 N–H and O–H groups in total. The van der Waals surface area contributed by atoms with E-state index in [4.69, 9.17) is 11.6 Å². The molecule has 1 aromatic rings. The molecule has 0 amide bonds. The molecule has 0 unspecified atom stereocenters. The molecule has 78 valence electrons. The van der Waals surface area contributed by atoms with Crippen molar-refractivity contribution in [3.63, 3.8) is 0 Å². The fourth-order valence-electron chi connectivity index (χ4n) is 0.710. The Balaban J connectivity index is 0.000000255. The largest absolute Gasteiger partial charge is 0.300 e. The highest BCUT2D eigenvalue weighted by Crippen LogP contribution is 2.11. The first-order chi connectivity index (χ1) is 6.60. The molecule has 1 nitrogen and oxygen atoms in total. The standard InChI is InChI=1S/C6H4ClI.C5H10O/c7-5-2-1-3-6(8)4-5;1-3-5(6)4-2/h1-4H;3-4H2,1-2H3. The van der Waals surface area contributed by atoms with Gasteiger partial charge in [0, 0.05) is 21.4 Å². The molecule has 0 bridgehead atoms. The van der Waals surface area contributed by atoms with Crippen molar-refractivity contribution in [3.05, 3.63) is 32.9 Å². The van der Waals surface area contributed by atoms with Crippen LogP contribution >= 0.6 is 34.2 Å². The second kappa shape index (κ2) is 8.24. The molecule has 3 heteroatoms. The number of Topliss-reactive ketones (excluding diaryl/α,β-unsaturated/α-hetero) is 1. The zero-order chi connectivity index (χ0) is 11.0. The van der Waals surface area contributed by atoms with E-state index in [-0.39, 0.29) is 0 Å². The number of halogens is 2. The number of benzene rings is 1. The van der Waals surface area contributed by atoms with Gasteiger partial charge in [0.2, 0.25) is 0 Å². The van der Waals surface area contributed by atoms with Gasteiger partial charge in [-0.05, 0) is 40.8 Å². The zero-order valence-corrected chi connectivity index (χ0v) is 11.3. The lowest BCUT2D eigenvalue weighted by Crippen LogP contribution is -1.88. The first-order valence-corrected chi connectivity index (χ1v) is 5.98. The summed E-state index contributed by atoms with van der Waals surface area (Å²) in [6.45, 7) is 3.76. The van der Waals surface area contributed by atoms with Crippen LogP contribution in [0.5, 0.6) is 0 Å². The molecule has 0 aliphatic rings. The first-order valence-electron chi connectivity index (χ1n) is 4.52. The first kappa shape index (κ1) is 13.9. The molecule has 14 heavy (non-hydrogen) atoms. The van der Waals surface area contributed by atoms with Gasteiger partial charge in [0.15, 0.2) is 0 Å². The molecule has 0 saturated carbocycles. The monoisotopic (exact) mass is 324 g/mol. The smallest absolute Gasteiger partial charge is 0.132 e. The van der Waals surface area contributed by atoms with E-state index < -0.39 is 0 Å². The quantitative estimate of drug-likeness (QED) is 0.740. The number of carbonyl (C=O) groups excluding carboxylic acids is 1. The van der Waals surface area contributed by atoms with Gasteiger partial charge < -0.3 is 0 Å². The average Bonchev–Trinajstić information content (AvgIpc) is 2.17. The summed E-state index contributed by atoms with van der Waals surface area (Å²) in [5.41, 5.74) is 0. The van der Waals surface area contributed by atoms with Crippen molar-refractivity contribution in [2.45, 2.75) is 26.7 Å². The number of carbonyl (C=O) groups is 1. The second-order valence-corrected chi connectivity index (χ2v) is 4.37. The van der Waals surface area contributed by atoms with Crippen LogP contribution in [0.2, 0.25) is 5.02 Å². The lowest BCUT2D eigenvalue weighted by molar-refractivity contribution is -0.118. The van der Waals surface area contributed by atoms with Gasteiger partial charge in [0.1, 0.15) is 5.78 Å². The van der Waals surface area contributed by atoms with E-state index in [0.717, 1.165) is 5.02 Å². The SMILES string of the molecule is CCC(=O)CC.Clc1cccc(I)c1. The molecule has 0 aliphatic heterocycles. The molecule has 0 fully saturated rings. The van der Waals surface area contributed by atoms with Gasteiger partial charge in [-0.2, -0.15) is 0 Å². The molecular weight excluding hydrogens is 310 g/mol. The molecule has 0 atom stereocenters. The van der Waals surface area contributed by atoms with Crippen molar-refractivity contribution in [1.82, 2.24) is 0 Å². The van der Waals surface area contributed by atoms with Crippen LogP contribution in [0.3, 0.4) is 0 Å². The van der Waals surface area contributed by atoms with Crippen LogP contribution in [-0.2, 0) is 4.79 Å². The summed E-state index contributed by atoms with van der Waals surface area (Å²) in [5.74, 6) is 0.343. The van der Waals surface area contributed by atoms with Crippen molar-refractivity contribution in [2.75, 3.05) is 0 Å². The topological polar surface area (TPSA) is 17.1 Å². The average molecular weight is 325 g/mol. The van der Waals surface area contributed by atoms with Crippen LogP contribution in [0.15, 0.2) is 24.3 Å². The van der Waals surface area contributed by atoms with Gasteiger partial charge in [-0.25, -0.2) is 0 Å². The van der Waals surface area contributed by atoms with Gasteiger partial charge in [-0.3, -0.25) is 4.79 Å². The van der Waals surface area contributed by atoms with Gasteiger partial charge in [0.25, 0.3) is 0 Å². The van der Waals surface area contributed by atoms with Crippen molar-refractivity contribution >= 4 is 40.0 Å². The van der Waals surface area contributed by atoms with Gasteiger partial charge in [-0.15, -0.1) is 0 Å². The summed E-state index contributed by atoms with van der Waals surface area (Å²) in [4.78, 5) is 10.2. The van der Waals surface area contributed by atoms with Crippen LogP contribution in [0, 0.1) is 3.57 Å². The minimum atomic E-state index is 0.343. The van der Waals surface area contributed by atoms with E-state index in [0.29, 0.717) is 18.6 Å². The fourth-order valence-corrected chi connectivity index (χ4v) is 1.63. The molecule has 0 aliphatic carbocycles. The van der Waals surface area contributed by atoms with Crippen molar-refractivity contribution in [3.8, 4) is 0 Å². The lowest BCUT2D eigenvalue weighted by atomic mass is 10.3. The van der Waals surface area contributed by atoms with Crippen LogP contribution in [-0.4, -0.2) is 5.78 Å². The highest BCUT2D eigenvalue weighted by molar-refractivity contribution is 14.1. The Bertz CT molecular complexity index is 263. The molecule has 0 radical (unpaired) electrons. The lowest BCUT2D eigenvalue weighted by Gasteiger charge is -1.87. The minimum Gasteiger partial charge on any atom is -0.300 e. The summed E-state index contributed by atoms with van der Waals surface area (Å²) < 4.78 is 1.18. The third-order valence-corrected chi connectivity index (χ3v) is 2.48. The van der Waals surface area contributed by atoms with Crippen LogP contribution in [0.1, 0.15) is 26.7 Å². The fraction of sp³-hybridized carbons (Fsp3) is 0.364. The summed E-state index contributed by atoms with van der Waals surface area (Å²) in [7, 11) is 0. The number of hydrogen-bond donors (Lipinski definition) is 0. The Labute approximate surface area is 104 Å². The highest BCUT2D eigenvalue weighted by Gasteiger charge is 1.86. The molecular formula is C11H14ClIO. The van der Waals surface area contributed by atoms with E-state index in [2.05, 4.69) is 22.6 Å². The summed E-state index contributed by atoms with van der Waals surface area (Å²) in [6.07, 6.45) is 1.38. The van der Waals surface area contributed by atoms with E-state index >= 15 is 0 Å². The predicted octanol–water partition coefficient (Wildman–Crippen LogP) is 4.32. The molecule has 0 spiro atoms. The Morgan fingerprint density at radius 2 is 1.93 bits per heavy atom. The Kier molecular flexibility index (Phi) is 8.18. The second-order valence-electron chi connectivity index (χ2n) is 2.69. The van der Waals surface area contributed by atoms with Crippen molar-refractivity contribution in [1.29, 1.82) is 0 Å². The number of hydrogen-bond acceptors (Lipinski definition) is 1. The van der Waals surface area contributed by atoms with E-state index in [9.17, 15) is 4.79 Å². The van der Waals surface area contributed by atoms with Crippen molar-refractivity contribution in [2.24, 2.45) is 0 Å². The zero-order valence-electron chi connectivity index (χ0n) is 8.39. The van der Waals surface area contributed by atoms with E-state index in [1.165, 1.54) is 3.57 Å².